The Balaban J connectivity index is 0. The summed E-state index contributed by atoms with van der Waals surface area (Å²) in [6, 6.07) is 4.23. The molecule has 4 nitrogen and oxygen atoms in total. The first kappa shape index (κ1) is 17.7. The van der Waals surface area contributed by atoms with E-state index in [1.54, 1.807) is 0 Å². The summed E-state index contributed by atoms with van der Waals surface area (Å²) in [6.07, 6.45) is 1.25. The van der Waals surface area contributed by atoms with Crippen LogP contribution < -0.4 is 10.5 Å². The summed E-state index contributed by atoms with van der Waals surface area (Å²) >= 11 is 0. The molecular weight excluding hydrogens is 218 g/mol. The standard InChI is InChI=1S/C8H9NO3.C3H8.C2H6/c1-12-7-3-2-5(8(9)11)4-6(7)10;1-3-2;1-2/h2-4,10H,1H3,(H2,9,11);3H2,1-2H3;1-2H3. The summed E-state index contributed by atoms with van der Waals surface area (Å²) in [7, 11) is 1.43. The smallest absolute Gasteiger partial charge is 0.248 e. The highest BCUT2D eigenvalue weighted by Gasteiger charge is 2.05. The van der Waals surface area contributed by atoms with Gasteiger partial charge in [-0.15, -0.1) is 0 Å². The molecule has 98 valence electrons. The number of phenols is 1. The monoisotopic (exact) mass is 241 g/mol. The second kappa shape index (κ2) is 10.8. The van der Waals surface area contributed by atoms with E-state index in [0.717, 1.165) is 0 Å². The molecule has 0 fully saturated rings. The number of rotatable bonds is 2. The number of phenolic OH excluding ortho intramolecular Hbond substituents is 1. The van der Waals surface area contributed by atoms with Crippen molar-refractivity contribution in [2.24, 2.45) is 5.73 Å². The Kier molecular flexibility index (Phi) is 11.2. The van der Waals surface area contributed by atoms with Gasteiger partial charge in [-0.3, -0.25) is 4.79 Å². The first-order valence-corrected chi connectivity index (χ1v) is 5.73. The fourth-order valence-electron chi connectivity index (χ4n) is 0.843. The van der Waals surface area contributed by atoms with Crippen molar-refractivity contribution in [3.05, 3.63) is 23.8 Å². The van der Waals surface area contributed by atoms with Crippen molar-refractivity contribution in [2.45, 2.75) is 34.1 Å². The number of hydrogen-bond acceptors (Lipinski definition) is 3. The number of carbonyl (C=O) groups is 1. The van der Waals surface area contributed by atoms with Gasteiger partial charge in [0.15, 0.2) is 11.5 Å². The van der Waals surface area contributed by atoms with Crippen LogP contribution in [0.4, 0.5) is 0 Å². The van der Waals surface area contributed by atoms with Crippen LogP contribution in [-0.4, -0.2) is 18.1 Å². The number of nitrogens with two attached hydrogens (primary N) is 1. The van der Waals surface area contributed by atoms with Crippen LogP contribution >= 0.6 is 0 Å². The van der Waals surface area contributed by atoms with Crippen molar-refractivity contribution >= 4 is 5.91 Å². The lowest BCUT2D eigenvalue weighted by atomic mass is 10.2. The van der Waals surface area contributed by atoms with Crippen LogP contribution in [0.5, 0.6) is 11.5 Å². The van der Waals surface area contributed by atoms with E-state index in [4.69, 9.17) is 10.5 Å². The molecule has 0 saturated carbocycles. The van der Waals surface area contributed by atoms with E-state index in [1.165, 1.54) is 31.7 Å². The van der Waals surface area contributed by atoms with Gasteiger partial charge < -0.3 is 15.6 Å². The van der Waals surface area contributed by atoms with Crippen LogP contribution in [0.1, 0.15) is 44.5 Å². The molecule has 3 N–H and O–H groups in total. The lowest BCUT2D eigenvalue weighted by Crippen LogP contribution is -2.10. The molecular formula is C13H23NO3. The second-order valence-electron chi connectivity index (χ2n) is 2.96. The quantitative estimate of drug-likeness (QED) is 0.836. The zero-order valence-corrected chi connectivity index (χ0v) is 11.3. The number of aromatic hydroxyl groups is 1. The van der Waals surface area contributed by atoms with Gasteiger partial charge in [0.2, 0.25) is 5.91 Å². The molecule has 1 aromatic rings. The van der Waals surface area contributed by atoms with E-state index in [1.807, 2.05) is 13.8 Å². The van der Waals surface area contributed by atoms with Gasteiger partial charge in [0.05, 0.1) is 7.11 Å². The predicted octanol–water partition coefficient (Wildman–Crippen LogP) is 2.94. The van der Waals surface area contributed by atoms with Gasteiger partial charge in [-0.05, 0) is 18.2 Å². The van der Waals surface area contributed by atoms with Gasteiger partial charge in [-0.25, -0.2) is 0 Å². The number of primary amides is 1. The Morgan fingerprint density at radius 1 is 1.35 bits per heavy atom. The molecule has 0 heterocycles. The van der Waals surface area contributed by atoms with Gasteiger partial charge in [-0.1, -0.05) is 34.1 Å². The number of ether oxygens (including phenoxy) is 1. The lowest BCUT2D eigenvalue weighted by molar-refractivity contribution is 0.1000. The Hall–Kier alpha value is -1.71. The summed E-state index contributed by atoms with van der Waals surface area (Å²) in [4.78, 5) is 10.6. The number of hydrogen-bond donors (Lipinski definition) is 2. The Labute approximate surface area is 103 Å². The van der Waals surface area contributed by atoms with Crippen molar-refractivity contribution in [1.29, 1.82) is 0 Å². The molecule has 0 bridgehead atoms. The highest BCUT2D eigenvalue weighted by atomic mass is 16.5. The van der Waals surface area contributed by atoms with Gasteiger partial charge >= 0.3 is 0 Å². The average molecular weight is 241 g/mol. The van der Waals surface area contributed by atoms with Crippen molar-refractivity contribution in [1.82, 2.24) is 0 Å². The third-order valence-electron chi connectivity index (χ3n) is 1.46. The highest BCUT2D eigenvalue weighted by molar-refractivity contribution is 5.93. The fourth-order valence-corrected chi connectivity index (χ4v) is 0.843. The van der Waals surface area contributed by atoms with Gasteiger partial charge in [-0.2, -0.15) is 0 Å². The minimum absolute atomic E-state index is 0.0891. The van der Waals surface area contributed by atoms with E-state index in [0.29, 0.717) is 5.75 Å². The van der Waals surface area contributed by atoms with Crippen molar-refractivity contribution < 1.29 is 14.6 Å². The third-order valence-corrected chi connectivity index (χ3v) is 1.46. The summed E-state index contributed by atoms with van der Waals surface area (Å²) in [6.45, 7) is 8.25. The average Bonchev–Trinajstić information content (AvgIpc) is 2.32. The van der Waals surface area contributed by atoms with Crippen molar-refractivity contribution in [2.75, 3.05) is 7.11 Å². The second-order valence-corrected chi connectivity index (χ2v) is 2.96. The van der Waals surface area contributed by atoms with Crippen LogP contribution in [0.25, 0.3) is 0 Å². The normalized spacial score (nSPS) is 8.06. The molecule has 1 aromatic carbocycles. The van der Waals surface area contributed by atoms with E-state index in [-0.39, 0.29) is 11.3 Å². The largest absolute Gasteiger partial charge is 0.504 e. The molecule has 4 heteroatoms. The molecule has 1 amide bonds. The number of carbonyl (C=O) groups excluding carboxylic acids is 1. The van der Waals surface area contributed by atoms with Gasteiger partial charge in [0.1, 0.15) is 0 Å². The lowest BCUT2D eigenvalue weighted by Gasteiger charge is -2.03. The SMILES string of the molecule is CC.CCC.COc1ccc(C(N)=O)cc1O. The molecule has 0 aromatic heterocycles. The number of methoxy groups -OCH3 is 1. The molecule has 17 heavy (non-hydrogen) atoms. The number of benzene rings is 1. The van der Waals surface area contributed by atoms with Crippen LogP contribution in [-0.2, 0) is 0 Å². The first-order chi connectivity index (χ1) is 8.06. The maximum Gasteiger partial charge on any atom is 0.248 e. The minimum Gasteiger partial charge on any atom is -0.504 e. The Bertz CT molecular complexity index is 324. The van der Waals surface area contributed by atoms with Crippen molar-refractivity contribution in [3.63, 3.8) is 0 Å². The summed E-state index contributed by atoms with van der Waals surface area (Å²) in [5, 5.41) is 9.21. The van der Waals surface area contributed by atoms with Crippen LogP contribution in [0.15, 0.2) is 18.2 Å². The predicted molar refractivity (Wildman–Crippen MR) is 70.5 cm³/mol. The third kappa shape index (κ3) is 7.22. The minimum atomic E-state index is -0.576. The van der Waals surface area contributed by atoms with E-state index < -0.39 is 5.91 Å². The zero-order valence-electron chi connectivity index (χ0n) is 11.3. The Morgan fingerprint density at radius 3 is 2.12 bits per heavy atom. The molecule has 0 aliphatic rings. The fraction of sp³-hybridized carbons (Fsp3) is 0.462. The maximum atomic E-state index is 10.6. The molecule has 0 unspecified atom stereocenters. The zero-order chi connectivity index (χ0) is 13.8. The topological polar surface area (TPSA) is 72.5 Å². The van der Waals surface area contributed by atoms with Crippen molar-refractivity contribution in [3.8, 4) is 11.5 Å². The van der Waals surface area contributed by atoms with Crippen LogP contribution in [0, 0.1) is 0 Å². The first-order valence-electron chi connectivity index (χ1n) is 5.73. The van der Waals surface area contributed by atoms with Crippen LogP contribution in [0.3, 0.4) is 0 Å². The molecule has 0 saturated heterocycles. The maximum absolute atomic E-state index is 10.6. The van der Waals surface area contributed by atoms with E-state index >= 15 is 0 Å². The molecule has 0 atom stereocenters. The van der Waals surface area contributed by atoms with Gasteiger partial charge in [0.25, 0.3) is 0 Å². The summed E-state index contributed by atoms with van der Waals surface area (Å²) < 4.78 is 4.78. The summed E-state index contributed by atoms with van der Waals surface area (Å²) in [5.74, 6) is -0.346. The van der Waals surface area contributed by atoms with E-state index in [9.17, 15) is 9.90 Å². The molecule has 0 aliphatic carbocycles. The summed E-state index contributed by atoms with van der Waals surface area (Å²) in [5.41, 5.74) is 5.24. The Morgan fingerprint density at radius 2 is 1.82 bits per heavy atom. The van der Waals surface area contributed by atoms with Gasteiger partial charge in [0, 0.05) is 5.56 Å². The van der Waals surface area contributed by atoms with E-state index in [2.05, 4.69) is 13.8 Å². The number of amides is 1. The molecule has 0 aliphatic heterocycles. The van der Waals surface area contributed by atoms with Crippen LogP contribution in [0.2, 0.25) is 0 Å². The molecule has 0 spiro atoms. The molecule has 0 radical (unpaired) electrons. The molecule has 1 rings (SSSR count). The highest BCUT2D eigenvalue weighted by Crippen LogP contribution is 2.25.